The van der Waals surface area contributed by atoms with Crippen molar-refractivity contribution in [1.82, 2.24) is 20.3 Å². The lowest BCUT2D eigenvalue weighted by molar-refractivity contribution is 0.212. The quantitative estimate of drug-likeness (QED) is 0.317. The van der Waals surface area contributed by atoms with E-state index in [9.17, 15) is 5.11 Å². The van der Waals surface area contributed by atoms with Gasteiger partial charge < -0.3 is 25.8 Å². The molecule has 0 bridgehead atoms. The third-order valence-electron chi connectivity index (χ3n) is 5.62. The van der Waals surface area contributed by atoms with Crippen molar-refractivity contribution in [2.75, 3.05) is 13.6 Å². The van der Waals surface area contributed by atoms with Gasteiger partial charge >= 0.3 is 0 Å². The molecule has 2 aromatic heterocycles. The molecule has 0 fully saturated rings. The summed E-state index contributed by atoms with van der Waals surface area (Å²) in [5.74, 6) is 0.310. The van der Waals surface area contributed by atoms with Gasteiger partial charge in [0.05, 0.1) is 22.7 Å². The van der Waals surface area contributed by atoms with Crippen LogP contribution in [0, 0.1) is 30.6 Å². The lowest BCUT2D eigenvalue weighted by atomic mass is 9.90. The molecule has 0 spiro atoms. The smallest absolute Gasteiger partial charge is 0.140 e. The summed E-state index contributed by atoms with van der Waals surface area (Å²) >= 11 is 0. The first-order chi connectivity index (χ1) is 14.5. The van der Waals surface area contributed by atoms with Gasteiger partial charge in [0.2, 0.25) is 0 Å². The van der Waals surface area contributed by atoms with Gasteiger partial charge in [-0.05, 0) is 55.8 Å². The molecule has 2 heterocycles. The van der Waals surface area contributed by atoms with Crippen LogP contribution in [0.3, 0.4) is 0 Å². The Morgan fingerprint density at radius 2 is 2.10 bits per heavy atom. The van der Waals surface area contributed by atoms with Gasteiger partial charge in [-0.1, -0.05) is 6.07 Å². The Hall–Kier alpha value is -3.47. The third-order valence-corrected chi connectivity index (χ3v) is 5.62. The summed E-state index contributed by atoms with van der Waals surface area (Å²) in [7, 11) is 1.86. The zero-order valence-corrected chi connectivity index (χ0v) is 17.2. The second-order valence-corrected chi connectivity index (χ2v) is 7.62. The Kier molecular flexibility index (Phi) is 5.12. The molecule has 0 aliphatic heterocycles. The molecule has 2 aromatic carbocycles. The van der Waals surface area contributed by atoms with Gasteiger partial charge in [-0.3, -0.25) is 0 Å². The molecule has 7 nitrogen and oxygen atoms in total. The van der Waals surface area contributed by atoms with E-state index in [4.69, 9.17) is 10.7 Å². The molecule has 4 rings (SSSR count). The minimum absolute atomic E-state index is 0.121. The maximum absolute atomic E-state index is 11.4. The number of aromatic amines is 2. The summed E-state index contributed by atoms with van der Waals surface area (Å²) in [6.45, 7) is 4.64. The van der Waals surface area contributed by atoms with E-state index in [0.29, 0.717) is 23.4 Å². The van der Waals surface area contributed by atoms with E-state index >= 15 is 0 Å². The van der Waals surface area contributed by atoms with Crippen LogP contribution >= 0.6 is 0 Å². The van der Waals surface area contributed by atoms with E-state index in [1.807, 2.05) is 27.1 Å². The van der Waals surface area contributed by atoms with Crippen LogP contribution < -0.4 is 5.32 Å². The largest absolute Gasteiger partial charge is 0.380 e. The molecule has 4 aromatic rings. The van der Waals surface area contributed by atoms with Crippen molar-refractivity contribution < 1.29 is 5.11 Å². The number of H-pyrrole nitrogens is 2. The van der Waals surface area contributed by atoms with E-state index < -0.39 is 6.10 Å². The van der Waals surface area contributed by atoms with Gasteiger partial charge in [0, 0.05) is 41.3 Å². The lowest BCUT2D eigenvalue weighted by Gasteiger charge is -2.18. The molecule has 7 heteroatoms. The van der Waals surface area contributed by atoms with E-state index in [2.05, 4.69) is 32.4 Å². The normalized spacial score (nSPS) is 13.4. The van der Waals surface area contributed by atoms with Crippen LogP contribution in [0.2, 0.25) is 0 Å². The highest BCUT2D eigenvalue weighted by atomic mass is 16.3. The molecule has 5 N–H and O–H groups in total. The van der Waals surface area contributed by atoms with E-state index in [1.54, 1.807) is 18.2 Å². The number of rotatable bonds is 6. The Balaban J connectivity index is 1.92. The van der Waals surface area contributed by atoms with E-state index in [1.165, 1.54) is 6.21 Å². The van der Waals surface area contributed by atoms with Crippen LogP contribution in [-0.4, -0.2) is 39.9 Å². The summed E-state index contributed by atoms with van der Waals surface area (Å²) in [6.07, 6.45) is 2.39. The van der Waals surface area contributed by atoms with Gasteiger partial charge in [0.1, 0.15) is 11.9 Å². The molecule has 152 valence electrons. The van der Waals surface area contributed by atoms with Crippen molar-refractivity contribution >= 4 is 28.2 Å². The third kappa shape index (κ3) is 3.16. The molecule has 30 heavy (non-hydrogen) atoms. The number of nitrogens with zero attached hydrogens (tertiary/aromatic N) is 2. The number of likely N-dealkylation sites (N-methyl/N-ethyl adjacent to an activating group) is 1. The number of aliphatic hydroxyl groups is 1. The molecule has 2 unspecified atom stereocenters. The molecular weight excluding hydrogens is 376 g/mol. The Labute approximate surface area is 174 Å². The van der Waals surface area contributed by atoms with E-state index in [-0.39, 0.29) is 5.92 Å². The fourth-order valence-electron chi connectivity index (χ4n) is 4.20. The van der Waals surface area contributed by atoms with Gasteiger partial charge in [-0.15, -0.1) is 0 Å². The van der Waals surface area contributed by atoms with Crippen molar-refractivity contribution in [3.05, 3.63) is 64.1 Å². The highest BCUT2D eigenvalue weighted by Crippen LogP contribution is 2.37. The topological polar surface area (TPSA) is 124 Å². The first kappa shape index (κ1) is 19.8. The zero-order chi connectivity index (χ0) is 21.4. The highest BCUT2D eigenvalue weighted by molar-refractivity contribution is 5.93. The van der Waals surface area contributed by atoms with Crippen LogP contribution in [-0.2, 0) is 0 Å². The summed E-state index contributed by atoms with van der Waals surface area (Å²) in [4.78, 5) is 11.1. The number of benzene rings is 2. The van der Waals surface area contributed by atoms with Crippen molar-refractivity contribution in [2.45, 2.75) is 25.9 Å². The second kappa shape index (κ2) is 7.75. The number of aryl methyl sites for hydroxylation is 2. The fourth-order valence-corrected chi connectivity index (χ4v) is 4.20. The highest BCUT2D eigenvalue weighted by Gasteiger charge is 2.25. The predicted molar refractivity (Wildman–Crippen MR) is 118 cm³/mol. The summed E-state index contributed by atoms with van der Waals surface area (Å²) in [5, 5.41) is 32.5. The van der Waals surface area contributed by atoms with Gasteiger partial charge in [-0.25, -0.2) is 4.98 Å². The Bertz CT molecular complexity index is 1290. The maximum atomic E-state index is 11.4. The van der Waals surface area contributed by atoms with Crippen molar-refractivity contribution in [1.29, 1.82) is 10.7 Å². The summed E-state index contributed by atoms with van der Waals surface area (Å²) in [5.41, 5.74) is 6.68. The minimum atomic E-state index is -0.971. The molecule has 0 saturated carbocycles. The van der Waals surface area contributed by atoms with Crippen LogP contribution in [0.15, 0.2) is 30.5 Å². The Morgan fingerprint density at radius 3 is 2.80 bits per heavy atom. The molecular formula is C23H24N6O. The predicted octanol–water partition coefficient (Wildman–Crippen LogP) is 3.57. The molecule has 2 atom stereocenters. The zero-order valence-electron chi connectivity index (χ0n) is 17.2. The summed E-state index contributed by atoms with van der Waals surface area (Å²) in [6, 6.07) is 9.40. The van der Waals surface area contributed by atoms with Crippen LogP contribution in [0.1, 0.15) is 45.7 Å². The van der Waals surface area contributed by atoms with Gasteiger partial charge in [-0.2, -0.15) is 5.26 Å². The lowest BCUT2D eigenvalue weighted by Crippen LogP contribution is -2.18. The number of hydrogen-bond acceptors (Lipinski definition) is 5. The number of aromatic nitrogens is 3. The van der Waals surface area contributed by atoms with Crippen molar-refractivity contribution in [3.63, 3.8) is 0 Å². The average Bonchev–Trinajstić information content (AvgIpc) is 3.36. The first-order valence-corrected chi connectivity index (χ1v) is 9.82. The fraction of sp³-hybridized carbons (Fsp3) is 0.261. The minimum Gasteiger partial charge on any atom is -0.380 e. The van der Waals surface area contributed by atoms with Crippen LogP contribution in [0.5, 0.6) is 0 Å². The molecule has 0 radical (unpaired) electrons. The number of nitrogens with one attached hydrogen (secondary N) is 4. The monoisotopic (exact) mass is 400 g/mol. The average molecular weight is 400 g/mol. The first-order valence-electron chi connectivity index (χ1n) is 9.82. The number of aliphatic hydroxyl groups excluding tert-OH is 1. The number of hydrogen-bond donors (Lipinski definition) is 5. The second-order valence-electron chi connectivity index (χ2n) is 7.62. The van der Waals surface area contributed by atoms with E-state index in [0.717, 1.165) is 38.7 Å². The van der Waals surface area contributed by atoms with Crippen molar-refractivity contribution in [3.8, 4) is 6.07 Å². The van der Waals surface area contributed by atoms with Gasteiger partial charge in [0.15, 0.2) is 0 Å². The van der Waals surface area contributed by atoms with Crippen LogP contribution in [0.25, 0.3) is 21.9 Å². The molecule has 0 saturated heterocycles. The number of nitriles is 1. The molecule has 0 aliphatic carbocycles. The summed E-state index contributed by atoms with van der Waals surface area (Å²) < 4.78 is 0. The number of fused-ring (bicyclic) bond motifs is 2. The van der Waals surface area contributed by atoms with Gasteiger partial charge in [0.25, 0.3) is 0 Å². The van der Waals surface area contributed by atoms with Crippen LogP contribution in [0.4, 0.5) is 0 Å². The maximum Gasteiger partial charge on any atom is 0.140 e. The van der Waals surface area contributed by atoms with Crippen molar-refractivity contribution in [2.24, 2.45) is 0 Å². The molecule has 0 amide bonds. The standard InChI is InChI=1S/C23H24N6O/c1-12-6-13(2)21-20(16(11-27-21)15(9-25)10-26-3)19(12)22(30)23-28-17-5-4-14(8-24)7-18(17)29-23/h4-7,9,11,15,22,25-27,30H,10H2,1-3H3,(H,28,29). The molecule has 0 aliphatic rings. The Morgan fingerprint density at radius 1 is 1.30 bits per heavy atom. The number of imidazole rings is 1. The SMILES string of the molecule is CNCC(C=N)c1c[nH]c2c(C)cc(C)c(C(O)c3nc4cc(C#N)ccc4[nH]3)c12.